The van der Waals surface area contributed by atoms with E-state index in [0.717, 1.165) is 11.8 Å². The molecular weight excluding hydrogens is 152 g/mol. The molecule has 0 aliphatic heterocycles. The Balaban J connectivity index is 2.19. The first-order valence-electron chi connectivity index (χ1n) is 4.51. The van der Waals surface area contributed by atoms with Crippen molar-refractivity contribution < 1.29 is 0 Å². The molecule has 0 saturated heterocycles. The SMILES string of the molecule is c1scc2c1C1CCC2CC1. The number of hydrogen-bond acceptors (Lipinski definition) is 1. The summed E-state index contributed by atoms with van der Waals surface area (Å²) in [6.07, 6.45) is 5.87. The standard InChI is InChI=1S/C10H12S/c1-2-8-4-3-7(1)9-5-11-6-10(8)9/h5-8H,1-4H2. The van der Waals surface area contributed by atoms with E-state index in [0.29, 0.717) is 0 Å². The minimum Gasteiger partial charge on any atom is -0.152 e. The summed E-state index contributed by atoms with van der Waals surface area (Å²) in [7, 11) is 0. The molecule has 0 nitrogen and oxygen atoms in total. The third-order valence-corrected chi connectivity index (χ3v) is 4.11. The Morgan fingerprint density at radius 2 is 1.36 bits per heavy atom. The summed E-state index contributed by atoms with van der Waals surface area (Å²) in [4.78, 5) is 0. The summed E-state index contributed by atoms with van der Waals surface area (Å²) in [6, 6.07) is 0. The molecule has 3 aliphatic carbocycles. The Morgan fingerprint density at radius 1 is 0.909 bits per heavy atom. The van der Waals surface area contributed by atoms with E-state index in [1.807, 2.05) is 11.3 Å². The number of hydrogen-bond donors (Lipinski definition) is 0. The first-order valence-corrected chi connectivity index (χ1v) is 5.45. The molecule has 0 aromatic carbocycles. The zero-order valence-corrected chi connectivity index (χ0v) is 7.36. The van der Waals surface area contributed by atoms with E-state index in [2.05, 4.69) is 10.8 Å². The fraction of sp³-hybridized carbons (Fsp3) is 0.600. The Bertz CT molecular complexity index is 240. The third kappa shape index (κ3) is 0.750. The molecule has 0 atom stereocenters. The second-order valence-corrected chi connectivity index (χ2v) is 4.57. The number of rotatable bonds is 0. The molecule has 1 aromatic heterocycles. The van der Waals surface area contributed by atoms with Crippen molar-refractivity contribution >= 4 is 11.3 Å². The molecule has 0 amide bonds. The van der Waals surface area contributed by atoms with Gasteiger partial charge in [-0.1, -0.05) is 0 Å². The van der Waals surface area contributed by atoms with E-state index < -0.39 is 0 Å². The van der Waals surface area contributed by atoms with Crippen molar-refractivity contribution in [3.8, 4) is 0 Å². The summed E-state index contributed by atoms with van der Waals surface area (Å²) in [5, 5.41) is 4.76. The lowest BCUT2D eigenvalue weighted by molar-refractivity contribution is 0.361. The van der Waals surface area contributed by atoms with Gasteiger partial charge >= 0.3 is 0 Å². The van der Waals surface area contributed by atoms with Gasteiger partial charge in [-0.3, -0.25) is 0 Å². The van der Waals surface area contributed by atoms with Crippen molar-refractivity contribution in [2.45, 2.75) is 37.5 Å². The lowest BCUT2D eigenvalue weighted by atomic mass is 9.69. The monoisotopic (exact) mass is 164 g/mol. The lowest BCUT2D eigenvalue weighted by Gasteiger charge is -2.36. The Labute approximate surface area is 71.2 Å². The van der Waals surface area contributed by atoms with Crippen LogP contribution >= 0.6 is 11.3 Å². The smallest absolute Gasteiger partial charge is 0.00555 e. The Hall–Kier alpha value is -0.300. The van der Waals surface area contributed by atoms with Crippen LogP contribution in [0.2, 0.25) is 0 Å². The van der Waals surface area contributed by atoms with Crippen LogP contribution in [0.1, 0.15) is 48.6 Å². The molecule has 1 aromatic rings. The molecule has 0 unspecified atom stereocenters. The molecule has 2 bridgehead atoms. The van der Waals surface area contributed by atoms with E-state index in [9.17, 15) is 0 Å². The summed E-state index contributed by atoms with van der Waals surface area (Å²) >= 11 is 1.90. The average Bonchev–Trinajstić information content (AvgIpc) is 2.55. The van der Waals surface area contributed by atoms with Gasteiger partial charge in [0.15, 0.2) is 0 Å². The van der Waals surface area contributed by atoms with Crippen LogP contribution in [0.5, 0.6) is 0 Å². The van der Waals surface area contributed by atoms with Gasteiger partial charge in [0.25, 0.3) is 0 Å². The van der Waals surface area contributed by atoms with Crippen molar-refractivity contribution in [2.75, 3.05) is 0 Å². The van der Waals surface area contributed by atoms with Crippen LogP contribution < -0.4 is 0 Å². The maximum atomic E-state index is 2.38. The molecule has 3 aliphatic rings. The van der Waals surface area contributed by atoms with Crippen LogP contribution in [0, 0.1) is 0 Å². The lowest BCUT2D eigenvalue weighted by Crippen LogP contribution is -2.19. The highest BCUT2D eigenvalue weighted by Gasteiger charge is 2.32. The first-order chi connectivity index (χ1) is 5.45. The van der Waals surface area contributed by atoms with E-state index in [-0.39, 0.29) is 0 Å². The maximum Gasteiger partial charge on any atom is -0.00555 e. The second kappa shape index (κ2) is 2.10. The normalized spacial score (nSPS) is 33.8. The van der Waals surface area contributed by atoms with E-state index in [4.69, 9.17) is 0 Å². The van der Waals surface area contributed by atoms with Crippen molar-refractivity contribution in [3.05, 3.63) is 21.9 Å². The second-order valence-electron chi connectivity index (χ2n) is 3.83. The molecule has 1 fully saturated rings. The van der Waals surface area contributed by atoms with E-state index in [1.165, 1.54) is 25.7 Å². The molecule has 1 heteroatoms. The van der Waals surface area contributed by atoms with Crippen LogP contribution in [0.4, 0.5) is 0 Å². The van der Waals surface area contributed by atoms with Gasteiger partial charge in [-0.2, -0.15) is 11.3 Å². The average molecular weight is 164 g/mol. The van der Waals surface area contributed by atoms with Crippen LogP contribution in [0.15, 0.2) is 10.8 Å². The summed E-state index contributed by atoms with van der Waals surface area (Å²) in [5.74, 6) is 1.89. The van der Waals surface area contributed by atoms with E-state index >= 15 is 0 Å². The van der Waals surface area contributed by atoms with Crippen LogP contribution in [-0.2, 0) is 0 Å². The van der Waals surface area contributed by atoms with Crippen molar-refractivity contribution in [2.24, 2.45) is 0 Å². The van der Waals surface area contributed by atoms with Crippen LogP contribution in [0.3, 0.4) is 0 Å². The van der Waals surface area contributed by atoms with Crippen molar-refractivity contribution in [1.29, 1.82) is 0 Å². The third-order valence-electron chi connectivity index (χ3n) is 3.33. The molecule has 1 saturated carbocycles. The molecule has 1 heterocycles. The molecule has 0 spiro atoms. The largest absolute Gasteiger partial charge is 0.152 e. The van der Waals surface area contributed by atoms with Crippen molar-refractivity contribution in [3.63, 3.8) is 0 Å². The van der Waals surface area contributed by atoms with Crippen LogP contribution in [0.25, 0.3) is 0 Å². The summed E-state index contributed by atoms with van der Waals surface area (Å²) in [6.45, 7) is 0. The highest BCUT2D eigenvalue weighted by molar-refractivity contribution is 7.08. The fourth-order valence-corrected chi connectivity index (χ4v) is 3.71. The molecule has 58 valence electrons. The van der Waals surface area contributed by atoms with Gasteiger partial charge in [0.1, 0.15) is 0 Å². The molecular formula is C10H12S. The molecule has 0 radical (unpaired) electrons. The fourth-order valence-electron chi connectivity index (χ4n) is 2.70. The van der Waals surface area contributed by atoms with Gasteiger partial charge in [-0.25, -0.2) is 0 Å². The first kappa shape index (κ1) is 6.24. The predicted octanol–water partition coefficient (Wildman–Crippen LogP) is 3.50. The van der Waals surface area contributed by atoms with E-state index in [1.54, 1.807) is 11.1 Å². The molecule has 4 rings (SSSR count). The predicted molar refractivity (Wildman–Crippen MR) is 48.3 cm³/mol. The zero-order chi connectivity index (χ0) is 7.26. The summed E-state index contributed by atoms with van der Waals surface area (Å²) < 4.78 is 0. The summed E-state index contributed by atoms with van der Waals surface area (Å²) in [5.41, 5.74) is 3.41. The number of thiophene rings is 1. The van der Waals surface area contributed by atoms with Gasteiger partial charge < -0.3 is 0 Å². The van der Waals surface area contributed by atoms with Gasteiger partial charge in [-0.15, -0.1) is 0 Å². The minimum absolute atomic E-state index is 0.946. The Kier molecular flexibility index (Phi) is 1.19. The minimum atomic E-state index is 0.946. The highest BCUT2D eigenvalue weighted by Crippen LogP contribution is 2.50. The topological polar surface area (TPSA) is 0 Å². The zero-order valence-electron chi connectivity index (χ0n) is 6.55. The van der Waals surface area contributed by atoms with Gasteiger partial charge in [0, 0.05) is 0 Å². The van der Waals surface area contributed by atoms with Gasteiger partial charge in [0.05, 0.1) is 0 Å². The van der Waals surface area contributed by atoms with Crippen molar-refractivity contribution in [1.82, 2.24) is 0 Å². The van der Waals surface area contributed by atoms with Gasteiger partial charge in [-0.05, 0) is 59.4 Å². The van der Waals surface area contributed by atoms with Gasteiger partial charge in [0.2, 0.25) is 0 Å². The quantitative estimate of drug-likeness (QED) is 0.550. The molecule has 0 N–H and O–H groups in total. The maximum absolute atomic E-state index is 2.38. The Morgan fingerprint density at radius 3 is 1.82 bits per heavy atom. The molecule has 11 heavy (non-hydrogen) atoms. The number of fused-ring (bicyclic) bond motifs is 2. The highest BCUT2D eigenvalue weighted by atomic mass is 32.1. The van der Waals surface area contributed by atoms with Crippen LogP contribution in [-0.4, -0.2) is 0 Å².